The fourth-order valence-electron chi connectivity index (χ4n) is 3.35. The maximum Gasteiger partial charge on any atom is 0.234 e. The summed E-state index contributed by atoms with van der Waals surface area (Å²) in [6.07, 6.45) is 0. The van der Waals surface area contributed by atoms with E-state index >= 15 is 0 Å². The third kappa shape index (κ3) is 6.55. The summed E-state index contributed by atoms with van der Waals surface area (Å²) in [5.74, 6) is 1.36. The van der Waals surface area contributed by atoms with Crippen LogP contribution in [-0.2, 0) is 17.9 Å². The summed E-state index contributed by atoms with van der Waals surface area (Å²) in [4.78, 5) is 12.5. The molecule has 0 spiro atoms. The number of hydrogen-bond donors (Lipinski definition) is 1. The van der Waals surface area contributed by atoms with Crippen LogP contribution < -0.4 is 10.1 Å². The number of para-hydroxylation sites is 1. The second kappa shape index (κ2) is 12.3. The fraction of sp³-hybridized carbons (Fsp3) is 0.160. The smallest absolute Gasteiger partial charge is 0.234 e. The first kappa shape index (κ1) is 26.8. The van der Waals surface area contributed by atoms with Gasteiger partial charge in [-0.15, -0.1) is 10.2 Å². The molecule has 0 saturated carbocycles. The topological polar surface area (TPSA) is 69.0 Å². The van der Waals surface area contributed by atoms with Crippen LogP contribution in [0.2, 0.25) is 15.1 Å². The van der Waals surface area contributed by atoms with E-state index in [1.165, 1.54) is 23.9 Å². The molecular weight excluding hydrogens is 607 g/mol. The number of amides is 1. The van der Waals surface area contributed by atoms with E-state index in [0.717, 1.165) is 27.2 Å². The Morgan fingerprint density at radius 2 is 1.81 bits per heavy atom. The van der Waals surface area contributed by atoms with Crippen molar-refractivity contribution in [2.45, 2.75) is 25.2 Å². The highest BCUT2D eigenvalue weighted by Gasteiger charge is 2.16. The average molecular weight is 627 g/mol. The first-order valence-electron chi connectivity index (χ1n) is 10.8. The van der Waals surface area contributed by atoms with Crippen molar-refractivity contribution in [3.63, 3.8) is 0 Å². The molecule has 0 unspecified atom stereocenters. The van der Waals surface area contributed by atoms with Crippen molar-refractivity contribution in [3.8, 4) is 17.1 Å². The van der Waals surface area contributed by atoms with Gasteiger partial charge in [0, 0.05) is 12.1 Å². The third-order valence-corrected chi connectivity index (χ3v) is 7.72. The Balaban J connectivity index is 1.43. The van der Waals surface area contributed by atoms with Crippen molar-refractivity contribution in [1.82, 2.24) is 14.8 Å². The Bertz CT molecular complexity index is 1400. The van der Waals surface area contributed by atoms with E-state index < -0.39 is 0 Å². The molecule has 0 aliphatic carbocycles. The first-order chi connectivity index (χ1) is 17.4. The number of nitrogens with zero attached hydrogens (tertiary/aromatic N) is 3. The summed E-state index contributed by atoms with van der Waals surface area (Å²) in [6.45, 7) is 3.06. The number of halogens is 4. The number of rotatable bonds is 9. The lowest BCUT2D eigenvalue weighted by Crippen LogP contribution is -2.15. The number of carbonyl (C=O) groups is 1. The molecule has 3 aromatic carbocycles. The summed E-state index contributed by atoms with van der Waals surface area (Å²) in [5, 5.41) is 13.0. The van der Waals surface area contributed by atoms with Crippen LogP contribution >= 0.6 is 62.5 Å². The molecule has 4 rings (SSSR count). The molecule has 0 atom stereocenters. The highest BCUT2D eigenvalue weighted by molar-refractivity contribution is 9.10. The average Bonchev–Trinajstić information content (AvgIpc) is 3.29. The molecule has 36 heavy (non-hydrogen) atoms. The summed E-state index contributed by atoms with van der Waals surface area (Å²) in [6, 6.07) is 18.7. The number of thioether (sulfide) groups is 1. The van der Waals surface area contributed by atoms with Gasteiger partial charge in [0.15, 0.2) is 11.0 Å². The van der Waals surface area contributed by atoms with Crippen LogP contribution in [0.5, 0.6) is 5.75 Å². The van der Waals surface area contributed by atoms with Gasteiger partial charge in [0.05, 0.1) is 31.0 Å². The normalized spacial score (nSPS) is 10.9. The SMILES string of the molecule is CCn1c(SCC(=O)Nc2cc(Cl)c(Cl)cc2Cl)nnc1-c1cccc(COc2ccccc2Br)c1. The number of hydrogen-bond acceptors (Lipinski definition) is 5. The van der Waals surface area contributed by atoms with Crippen LogP contribution in [0.3, 0.4) is 0 Å². The van der Waals surface area contributed by atoms with Crippen LogP contribution in [0.15, 0.2) is 70.3 Å². The summed E-state index contributed by atoms with van der Waals surface area (Å²) < 4.78 is 8.82. The van der Waals surface area contributed by atoms with E-state index in [1.807, 2.05) is 60.0 Å². The molecular formula is C25H20BrCl3N4O2S. The Hall–Kier alpha value is -2.23. The zero-order valence-electron chi connectivity index (χ0n) is 19.0. The molecule has 0 radical (unpaired) electrons. The highest BCUT2D eigenvalue weighted by atomic mass is 79.9. The van der Waals surface area contributed by atoms with Crippen molar-refractivity contribution in [2.24, 2.45) is 0 Å². The molecule has 11 heteroatoms. The summed E-state index contributed by atoms with van der Waals surface area (Å²) >= 11 is 22.9. The predicted octanol–water partition coefficient (Wildman–Crippen LogP) is 8.00. The zero-order chi connectivity index (χ0) is 25.7. The maximum atomic E-state index is 12.5. The van der Waals surface area contributed by atoms with Gasteiger partial charge in [0.1, 0.15) is 12.4 Å². The van der Waals surface area contributed by atoms with Crippen LogP contribution in [0.4, 0.5) is 5.69 Å². The maximum absolute atomic E-state index is 12.5. The largest absolute Gasteiger partial charge is 0.488 e. The molecule has 186 valence electrons. The Morgan fingerprint density at radius 1 is 1.03 bits per heavy atom. The highest BCUT2D eigenvalue weighted by Crippen LogP contribution is 2.33. The van der Waals surface area contributed by atoms with E-state index in [0.29, 0.717) is 39.1 Å². The first-order valence-corrected chi connectivity index (χ1v) is 13.7. The minimum Gasteiger partial charge on any atom is -0.488 e. The van der Waals surface area contributed by atoms with Crippen molar-refractivity contribution in [1.29, 1.82) is 0 Å². The van der Waals surface area contributed by atoms with Crippen LogP contribution in [0, 0.1) is 0 Å². The minimum absolute atomic E-state index is 0.120. The third-order valence-electron chi connectivity index (χ3n) is 5.07. The molecule has 1 amide bonds. The van der Waals surface area contributed by atoms with Gasteiger partial charge in [-0.2, -0.15) is 0 Å². The van der Waals surface area contributed by atoms with Crippen LogP contribution in [-0.4, -0.2) is 26.4 Å². The van der Waals surface area contributed by atoms with Gasteiger partial charge < -0.3 is 14.6 Å². The molecule has 0 fully saturated rings. The number of ether oxygens (including phenoxy) is 1. The molecule has 6 nitrogen and oxygen atoms in total. The van der Waals surface area contributed by atoms with Crippen LogP contribution in [0.25, 0.3) is 11.4 Å². The van der Waals surface area contributed by atoms with E-state index in [2.05, 4.69) is 31.4 Å². The molecule has 1 heterocycles. The van der Waals surface area contributed by atoms with Gasteiger partial charge in [-0.05, 0) is 58.7 Å². The molecule has 0 aliphatic rings. The molecule has 0 aliphatic heterocycles. The molecule has 0 bridgehead atoms. The summed E-state index contributed by atoms with van der Waals surface area (Å²) in [5.41, 5.74) is 2.31. The number of nitrogens with one attached hydrogen (secondary N) is 1. The van der Waals surface area contributed by atoms with E-state index in [1.54, 1.807) is 0 Å². The van der Waals surface area contributed by atoms with Gasteiger partial charge in [-0.1, -0.05) is 76.9 Å². The Labute approximate surface area is 236 Å². The van der Waals surface area contributed by atoms with Crippen molar-refractivity contribution >= 4 is 74.1 Å². The molecule has 0 saturated heterocycles. The quantitative estimate of drug-likeness (QED) is 0.151. The van der Waals surface area contributed by atoms with E-state index in [9.17, 15) is 4.79 Å². The van der Waals surface area contributed by atoms with E-state index in [4.69, 9.17) is 39.5 Å². The van der Waals surface area contributed by atoms with E-state index in [-0.39, 0.29) is 11.7 Å². The second-order valence-electron chi connectivity index (χ2n) is 7.55. The lowest BCUT2D eigenvalue weighted by molar-refractivity contribution is -0.113. The number of benzene rings is 3. The van der Waals surface area contributed by atoms with Gasteiger partial charge in [0.25, 0.3) is 0 Å². The second-order valence-corrected chi connectivity index (χ2v) is 10.6. The van der Waals surface area contributed by atoms with Crippen molar-refractivity contribution in [3.05, 3.63) is 85.8 Å². The fourth-order valence-corrected chi connectivity index (χ4v) is 5.15. The predicted molar refractivity (Wildman–Crippen MR) is 150 cm³/mol. The molecule has 1 aromatic heterocycles. The Kier molecular flexibility index (Phi) is 9.19. The molecule has 1 N–H and O–H groups in total. The lowest BCUT2D eigenvalue weighted by Gasteiger charge is -2.11. The van der Waals surface area contributed by atoms with Crippen molar-refractivity contribution in [2.75, 3.05) is 11.1 Å². The monoisotopic (exact) mass is 624 g/mol. The zero-order valence-corrected chi connectivity index (χ0v) is 23.6. The number of aromatic nitrogens is 3. The Morgan fingerprint density at radius 3 is 2.58 bits per heavy atom. The van der Waals surface area contributed by atoms with Gasteiger partial charge >= 0.3 is 0 Å². The van der Waals surface area contributed by atoms with Gasteiger partial charge in [-0.3, -0.25) is 4.79 Å². The lowest BCUT2D eigenvalue weighted by atomic mass is 10.1. The van der Waals surface area contributed by atoms with Crippen molar-refractivity contribution < 1.29 is 9.53 Å². The van der Waals surface area contributed by atoms with Gasteiger partial charge in [-0.25, -0.2) is 0 Å². The van der Waals surface area contributed by atoms with Gasteiger partial charge in [0.2, 0.25) is 5.91 Å². The summed E-state index contributed by atoms with van der Waals surface area (Å²) in [7, 11) is 0. The standard InChI is InChI=1S/C25H20BrCl3N4O2S/c1-2-33-24(16-7-5-6-15(10-16)13-35-22-9-4-3-8-17(22)26)31-32-25(33)36-14-23(34)30-21-12-19(28)18(27)11-20(21)29/h3-12H,2,13-14H2,1H3,(H,30,34). The molecule has 4 aromatic rings. The number of anilines is 1. The minimum atomic E-state index is -0.251. The number of carbonyl (C=O) groups excluding carboxylic acids is 1. The van der Waals surface area contributed by atoms with Crippen LogP contribution in [0.1, 0.15) is 12.5 Å².